The van der Waals surface area contributed by atoms with E-state index in [1.165, 1.54) is 23.1 Å². The molecule has 2 aromatic carbocycles. The molecular formula is C14H12ClN3O3. The third-order valence-electron chi connectivity index (χ3n) is 2.83. The number of amides is 2. The molecule has 0 radical (unpaired) electrons. The number of anilines is 2. The molecule has 0 atom stereocenters. The van der Waals surface area contributed by atoms with Crippen LogP contribution in [0.1, 0.15) is 0 Å². The van der Waals surface area contributed by atoms with Crippen LogP contribution >= 0.6 is 11.6 Å². The molecule has 0 unspecified atom stereocenters. The van der Waals surface area contributed by atoms with Gasteiger partial charge in [-0.3, -0.25) is 15.0 Å². The molecule has 2 amide bonds. The highest BCUT2D eigenvalue weighted by Gasteiger charge is 2.12. The summed E-state index contributed by atoms with van der Waals surface area (Å²) in [5.74, 6) is 0. The zero-order chi connectivity index (χ0) is 15.4. The Kier molecular flexibility index (Phi) is 4.39. The number of nitrogens with zero attached hydrogens (tertiary/aromatic N) is 2. The Balaban J connectivity index is 2.12. The van der Waals surface area contributed by atoms with Crippen molar-refractivity contribution in [3.63, 3.8) is 0 Å². The van der Waals surface area contributed by atoms with Crippen LogP contribution in [-0.4, -0.2) is 18.0 Å². The summed E-state index contributed by atoms with van der Waals surface area (Å²) in [6, 6.07) is 12.1. The van der Waals surface area contributed by atoms with Crippen molar-refractivity contribution in [2.24, 2.45) is 0 Å². The maximum Gasteiger partial charge on any atom is 0.326 e. The number of benzene rings is 2. The summed E-state index contributed by atoms with van der Waals surface area (Å²) in [5, 5.41) is 13.9. The van der Waals surface area contributed by atoms with Gasteiger partial charge in [0, 0.05) is 35.6 Å². The molecule has 6 nitrogen and oxygen atoms in total. The maximum atomic E-state index is 12.1. The second-order valence-corrected chi connectivity index (χ2v) is 4.71. The number of non-ortho nitro benzene ring substituents is 1. The molecule has 0 aromatic heterocycles. The van der Waals surface area contributed by atoms with Crippen molar-refractivity contribution in [3.8, 4) is 0 Å². The molecule has 108 valence electrons. The van der Waals surface area contributed by atoms with Gasteiger partial charge in [0.05, 0.1) is 4.92 Å². The van der Waals surface area contributed by atoms with Gasteiger partial charge < -0.3 is 5.32 Å². The average molecular weight is 306 g/mol. The van der Waals surface area contributed by atoms with Crippen molar-refractivity contribution in [2.45, 2.75) is 0 Å². The summed E-state index contributed by atoms with van der Waals surface area (Å²) in [7, 11) is 1.59. The van der Waals surface area contributed by atoms with Crippen molar-refractivity contribution in [1.82, 2.24) is 0 Å². The predicted octanol–water partition coefficient (Wildman–Crippen LogP) is 3.92. The summed E-state index contributed by atoms with van der Waals surface area (Å²) in [6.07, 6.45) is 0. The maximum absolute atomic E-state index is 12.1. The lowest BCUT2D eigenvalue weighted by molar-refractivity contribution is -0.384. The van der Waals surface area contributed by atoms with Gasteiger partial charge in [-0.25, -0.2) is 4.79 Å². The first-order valence-electron chi connectivity index (χ1n) is 6.02. The molecule has 1 N–H and O–H groups in total. The van der Waals surface area contributed by atoms with Gasteiger partial charge in [-0.05, 0) is 30.3 Å². The molecule has 0 bridgehead atoms. The SMILES string of the molecule is CN(C(=O)Nc1cccc([N+](=O)[O-])c1)c1ccc(Cl)cc1. The molecule has 2 rings (SSSR count). The van der Waals surface area contributed by atoms with Gasteiger partial charge in [0.2, 0.25) is 0 Å². The first-order chi connectivity index (χ1) is 9.97. The molecule has 7 heteroatoms. The van der Waals surface area contributed by atoms with Crippen LogP contribution in [0.4, 0.5) is 21.9 Å². The summed E-state index contributed by atoms with van der Waals surface area (Å²) < 4.78 is 0. The van der Waals surface area contributed by atoms with Gasteiger partial charge in [0.1, 0.15) is 0 Å². The number of urea groups is 1. The zero-order valence-electron chi connectivity index (χ0n) is 11.1. The lowest BCUT2D eigenvalue weighted by Crippen LogP contribution is -2.31. The molecular weight excluding hydrogens is 294 g/mol. The Morgan fingerprint density at radius 2 is 1.90 bits per heavy atom. The molecule has 0 aliphatic heterocycles. The van der Waals surface area contributed by atoms with Crippen LogP contribution in [0, 0.1) is 10.1 Å². The third kappa shape index (κ3) is 3.70. The van der Waals surface area contributed by atoms with Gasteiger partial charge in [0.25, 0.3) is 5.69 Å². The lowest BCUT2D eigenvalue weighted by atomic mass is 10.3. The summed E-state index contributed by atoms with van der Waals surface area (Å²) in [5.41, 5.74) is 0.930. The van der Waals surface area contributed by atoms with Crippen molar-refractivity contribution in [1.29, 1.82) is 0 Å². The Morgan fingerprint density at radius 3 is 2.52 bits per heavy atom. The first-order valence-corrected chi connectivity index (χ1v) is 6.40. The normalized spacial score (nSPS) is 10.0. The van der Waals surface area contributed by atoms with Gasteiger partial charge in [-0.2, -0.15) is 0 Å². The smallest absolute Gasteiger partial charge is 0.307 e. The topological polar surface area (TPSA) is 75.5 Å². The van der Waals surface area contributed by atoms with Crippen LogP contribution in [-0.2, 0) is 0 Å². The summed E-state index contributed by atoms with van der Waals surface area (Å²) in [4.78, 5) is 23.7. The minimum absolute atomic E-state index is 0.0815. The van der Waals surface area contributed by atoms with E-state index in [2.05, 4.69) is 5.32 Å². The molecule has 0 aliphatic carbocycles. The van der Waals surface area contributed by atoms with Gasteiger partial charge >= 0.3 is 6.03 Å². The van der Waals surface area contributed by atoms with Crippen molar-refractivity contribution in [3.05, 3.63) is 63.7 Å². The molecule has 0 heterocycles. The van der Waals surface area contributed by atoms with Crippen molar-refractivity contribution in [2.75, 3.05) is 17.3 Å². The molecule has 0 saturated carbocycles. The summed E-state index contributed by atoms with van der Waals surface area (Å²) in [6.45, 7) is 0. The fraction of sp³-hybridized carbons (Fsp3) is 0.0714. The zero-order valence-corrected chi connectivity index (χ0v) is 11.9. The highest BCUT2D eigenvalue weighted by Crippen LogP contribution is 2.20. The number of halogens is 1. The van der Waals surface area contributed by atoms with Crippen LogP contribution in [0.15, 0.2) is 48.5 Å². The largest absolute Gasteiger partial charge is 0.326 e. The third-order valence-corrected chi connectivity index (χ3v) is 3.08. The second-order valence-electron chi connectivity index (χ2n) is 4.27. The highest BCUT2D eigenvalue weighted by atomic mass is 35.5. The van der Waals surface area contributed by atoms with E-state index in [-0.39, 0.29) is 5.69 Å². The number of rotatable bonds is 3. The van der Waals surface area contributed by atoms with Crippen LogP contribution in [0.3, 0.4) is 0 Å². The highest BCUT2D eigenvalue weighted by molar-refractivity contribution is 6.30. The van der Waals surface area contributed by atoms with Crippen LogP contribution < -0.4 is 10.2 Å². The van der Waals surface area contributed by atoms with E-state index in [1.807, 2.05) is 0 Å². The van der Waals surface area contributed by atoms with Crippen LogP contribution in [0.25, 0.3) is 0 Å². The van der Waals surface area contributed by atoms with E-state index < -0.39 is 11.0 Å². The number of nitro benzene ring substituents is 1. The molecule has 21 heavy (non-hydrogen) atoms. The van der Waals surface area contributed by atoms with Crippen molar-refractivity contribution < 1.29 is 9.72 Å². The van der Waals surface area contributed by atoms with E-state index in [4.69, 9.17) is 11.6 Å². The van der Waals surface area contributed by atoms with Crippen LogP contribution in [0.2, 0.25) is 5.02 Å². The number of carbonyl (C=O) groups is 1. The Labute approximate surface area is 126 Å². The molecule has 0 saturated heterocycles. The fourth-order valence-electron chi connectivity index (χ4n) is 1.69. The molecule has 0 aliphatic rings. The molecule has 2 aromatic rings. The molecule has 0 spiro atoms. The minimum atomic E-state index is -0.515. The van der Waals surface area contributed by atoms with Gasteiger partial charge in [0.15, 0.2) is 0 Å². The quantitative estimate of drug-likeness (QED) is 0.690. The number of nitrogens with one attached hydrogen (secondary N) is 1. The number of hydrogen-bond donors (Lipinski definition) is 1. The predicted molar refractivity (Wildman–Crippen MR) is 82.0 cm³/mol. The van der Waals surface area contributed by atoms with Crippen LogP contribution in [0.5, 0.6) is 0 Å². The Morgan fingerprint density at radius 1 is 1.24 bits per heavy atom. The minimum Gasteiger partial charge on any atom is -0.307 e. The van der Waals surface area contributed by atoms with Gasteiger partial charge in [-0.1, -0.05) is 17.7 Å². The standard InChI is InChI=1S/C14H12ClN3O3/c1-17(12-7-5-10(15)6-8-12)14(19)16-11-3-2-4-13(9-11)18(20)21/h2-9H,1H3,(H,16,19). The fourth-order valence-corrected chi connectivity index (χ4v) is 1.81. The monoisotopic (exact) mass is 305 g/mol. The average Bonchev–Trinajstić information content (AvgIpc) is 2.47. The molecule has 0 fully saturated rings. The Bertz CT molecular complexity index is 673. The van der Waals surface area contributed by atoms with E-state index in [9.17, 15) is 14.9 Å². The number of hydrogen-bond acceptors (Lipinski definition) is 3. The first kappa shape index (κ1) is 14.8. The van der Waals surface area contributed by atoms with Crippen molar-refractivity contribution >= 4 is 34.7 Å². The van der Waals surface area contributed by atoms with Gasteiger partial charge in [-0.15, -0.1) is 0 Å². The number of nitro groups is 1. The second kappa shape index (κ2) is 6.23. The van der Waals surface area contributed by atoms with E-state index in [1.54, 1.807) is 37.4 Å². The number of carbonyl (C=O) groups excluding carboxylic acids is 1. The van der Waals surface area contributed by atoms with E-state index in [0.717, 1.165) is 0 Å². The van der Waals surface area contributed by atoms with E-state index >= 15 is 0 Å². The lowest BCUT2D eigenvalue weighted by Gasteiger charge is -2.18. The Hall–Kier alpha value is -2.60. The summed E-state index contributed by atoms with van der Waals surface area (Å²) >= 11 is 5.79. The van der Waals surface area contributed by atoms with E-state index in [0.29, 0.717) is 16.4 Å².